The SMILES string of the molecule is NC([CH]Cc1ccccc1)Cc1ccncc1. The molecule has 17 heavy (non-hydrogen) atoms. The molecule has 2 rings (SSSR count). The van der Waals surface area contributed by atoms with Crippen LogP contribution in [0.2, 0.25) is 0 Å². The molecule has 0 fully saturated rings. The van der Waals surface area contributed by atoms with Crippen LogP contribution in [0.1, 0.15) is 11.1 Å². The number of rotatable bonds is 5. The third-order valence-electron chi connectivity index (χ3n) is 2.72. The number of pyridine rings is 1. The fourth-order valence-electron chi connectivity index (χ4n) is 1.78. The Hall–Kier alpha value is -1.67. The first-order chi connectivity index (χ1) is 8.34. The van der Waals surface area contributed by atoms with Crippen molar-refractivity contribution in [3.8, 4) is 0 Å². The number of nitrogens with two attached hydrogens (primary N) is 1. The Morgan fingerprint density at radius 2 is 1.71 bits per heavy atom. The van der Waals surface area contributed by atoms with Crippen LogP contribution < -0.4 is 5.73 Å². The largest absolute Gasteiger partial charge is 0.327 e. The molecule has 0 aliphatic heterocycles. The molecular weight excluding hydrogens is 208 g/mol. The minimum atomic E-state index is 0.0950. The number of hydrogen-bond donors (Lipinski definition) is 1. The molecular formula is C15H17N2. The van der Waals surface area contributed by atoms with Crippen molar-refractivity contribution in [2.24, 2.45) is 5.73 Å². The fourth-order valence-corrected chi connectivity index (χ4v) is 1.78. The fraction of sp³-hybridized carbons (Fsp3) is 0.200. The molecule has 0 saturated carbocycles. The zero-order valence-corrected chi connectivity index (χ0v) is 9.79. The van der Waals surface area contributed by atoms with Gasteiger partial charge in [-0.15, -0.1) is 0 Å². The van der Waals surface area contributed by atoms with E-state index in [1.54, 1.807) is 12.4 Å². The van der Waals surface area contributed by atoms with Gasteiger partial charge in [0.1, 0.15) is 0 Å². The van der Waals surface area contributed by atoms with E-state index in [-0.39, 0.29) is 6.04 Å². The van der Waals surface area contributed by atoms with Crippen molar-refractivity contribution in [1.82, 2.24) is 4.98 Å². The van der Waals surface area contributed by atoms with Gasteiger partial charge in [0.15, 0.2) is 0 Å². The van der Waals surface area contributed by atoms with Gasteiger partial charge in [-0.25, -0.2) is 0 Å². The van der Waals surface area contributed by atoms with Crippen molar-refractivity contribution >= 4 is 0 Å². The molecule has 2 N–H and O–H groups in total. The van der Waals surface area contributed by atoms with Gasteiger partial charge in [-0.3, -0.25) is 4.98 Å². The van der Waals surface area contributed by atoms with E-state index in [1.807, 2.05) is 18.2 Å². The molecule has 1 radical (unpaired) electrons. The molecule has 87 valence electrons. The minimum absolute atomic E-state index is 0.0950. The van der Waals surface area contributed by atoms with Gasteiger partial charge in [-0.2, -0.15) is 0 Å². The van der Waals surface area contributed by atoms with E-state index in [4.69, 9.17) is 5.73 Å². The molecule has 1 aromatic carbocycles. The van der Waals surface area contributed by atoms with Gasteiger partial charge < -0.3 is 5.73 Å². The first kappa shape index (κ1) is 11.8. The average molecular weight is 225 g/mol. The highest BCUT2D eigenvalue weighted by Gasteiger charge is 2.04. The summed E-state index contributed by atoms with van der Waals surface area (Å²) in [6.45, 7) is 0. The smallest absolute Gasteiger partial charge is 0.0270 e. The van der Waals surface area contributed by atoms with Crippen LogP contribution in [0.4, 0.5) is 0 Å². The summed E-state index contributed by atoms with van der Waals surface area (Å²) in [6.07, 6.45) is 7.57. The molecule has 0 amide bonds. The Morgan fingerprint density at radius 1 is 1.00 bits per heavy atom. The van der Waals surface area contributed by atoms with Gasteiger partial charge in [0.2, 0.25) is 0 Å². The van der Waals surface area contributed by atoms with Crippen molar-refractivity contribution in [3.05, 3.63) is 72.4 Å². The maximum atomic E-state index is 6.08. The Balaban J connectivity index is 1.80. The van der Waals surface area contributed by atoms with Gasteiger partial charge in [-0.05, 0) is 42.5 Å². The molecule has 2 aromatic rings. The van der Waals surface area contributed by atoms with Crippen molar-refractivity contribution < 1.29 is 0 Å². The van der Waals surface area contributed by atoms with Crippen LogP contribution in [-0.2, 0) is 12.8 Å². The van der Waals surface area contributed by atoms with Crippen LogP contribution in [-0.4, -0.2) is 11.0 Å². The summed E-state index contributed by atoms with van der Waals surface area (Å²) in [7, 11) is 0. The molecule has 1 unspecified atom stereocenters. The number of benzene rings is 1. The maximum absolute atomic E-state index is 6.08. The lowest BCUT2D eigenvalue weighted by Crippen LogP contribution is -2.24. The summed E-state index contributed by atoms with van der Waals surface area (Å²) in [4.78, 5) is 4.00. The maximum Gasteiger partial charge on any atom is 0.0270 e. The van der Waals surface area contributed by atoms with E-state index in [2.05, 4.69) is 35.7 Å². The summed E-state index contributed by atoms with van der Waals surface area (Å²) >= 11 is 0. The molecule has 1 aromatic heterocycles. The second-order valence-electron chi connectivity index (χ2n) is 4.15. The zero-order chi connectivity index (χ0) is 11.9. The van der Waals surface area contributed by atoms with Crippen molar-refractivity contribution in [2.75, 3.05) is 0 Å². The predicted molar refractivity (Wildman–Crippen MR) is 70.4 cm³/mol. The molecule has 0 aliphatic rings. The Kier molecular flexibility index (Phi) is 4.28. The summed E-state index contributed by atoms with van der Waals surface area (Å²) < 4.78 is 0. The van der Waals surface area contributed by atoms with Crippen LogP contribution in [0.15, 0.2) is 54.9 Å². The van der Waals surface area contributed by atoms with E-state index in [1.165, 1.54) is 11.1 Å². The van der Waals surface area contributed by atoms with Gasteiger partial charge in [0, 0.05) is 18.4 Å². The highest BCUT2D eigenvalue weighted by Crippen LogP contribution is 2.07. The van der Waals surface area contributed by atoms with Crippen molar-refractivity contribution in [1.29, 1.82) is 0 Å². The monoisotopic (exact) mass is 225 g/mol. The second kappa shape index (κ2) is 6.16. The lowest BCUT2D eigenvalue weighted by atomic mass is 10.0. The minimum Gasteiger partial charge on any atom is -0.327 e. The quantitative estimate of drug-likeness (QED) is 0.848. The van der Waals surface area contributed by atoms with Crippen LogP contribution in [0.5, 0.6) is 0 Å². The third-order valence-corrected chi connectivity index (χ3v) is 2.72. The lowest BCUT2D eigenvalue weighted by Gasteiger charge is -2.11. The molecule has 0 aliphatic carbocycles. The first-order valence-corrected chi connectivity index (χ1v) is 5.86. The van der Waals surface area contributed by atoms with Crippen molar-refractivity contribution in [2.45, 2.75) is 18.9 Å². The zero-order valence-electron chi connectivity index (χ0n) is 9.79. The predicted octanol–water partition coefficient (Wildman–Crippen LogP) is 2.40. The summed E-state index contributed by atoms with van der Waals surface area (Å²) in [5.74, 6) is 0. The number of aromatic nitrogens is 1. The molecule has 1 atom stereocenters. The molecule has 0 saturated heterocycles. The number of nitrogens with zero attached hydrogens (tertiary/aromatic N) is 1. The van der Waals surface area contributed by atoms with Crippen LogP contribution >= 0.6 is 0 Å². The number of hydrogen-bond acceptors (Lipinski definition) is 2. The molecule has 1 heterocycles. The normalized spacial score (nSPS) is 12.3. The van der Waals surface area contributed by atoms with Gasteiger partial charge >= 0.3 is 0 Å². The molecule has 2 heteroatoms. The standard InChI is InChI=1S/C15H17N2/c16-15(12-14-8-10-17-11-9-14)7-6-13-4-2-1-3-5-13/h1-5,7-11,15H,6,12,16H2. The van der Waals surface area contributed by atoms with E-state index in [9.17, 15) is 0 Å². The Morgan fingerprint density at radius 3 is 2.41 bits per heavy atom. The van der Waals surface area contributed by atoms with E-state index >= 15 is 0 Å². The Labute approximate surface area is 103 Å². The third kappa shape index (κ3) is 4.00. The van der Waals surface area contributed by atoms with Gasteiger partial charge in [0.05, 0.1) is 0 Å². The van der Waals surface area contributed by atoms with Crippen LogP contribution in [0.25, 0.3) is 0 Å². The van der Waals surface area contributed by atoms with E-state index in [0.29, 0.717) is 0 Å². The van der Waals surface area contributed by atoms with Crippen LogP contribution in [0, 0.1) is 6.42 Å². The van der Waals surface area contributed by atoms with Crippen molar-refractivity contribution in [3.63, 3.8) is 0 Å². The summed E-state index contributed by atoms with van der Waals surface area (Å²) in [6, 6.07) is 14.5. The van der Waals surface area contributed by atoms with Gasteiger partial charge in [-0.1, -0.05) is 30.3 Å². The topological polar surface area (TPSA) is 38.9 Å². The highest BCUT2D eigenvalue weighted by molar-refractivity contribution is 5.18. The van der Waals surface area contributed by atoms with E-state index in [0.717, 1.165) is 12.8 Å². The Bertz CT molecular complexity index is 425. The second-order valence-corrected chi connectivity index (χ2v) is 4.15. The summed E-state index contributed by atoms with van der Waals surface area (Å²) in [5.41, 5.74) is 8.61. The van der Waals surface area contributed by atoms with E-state index < -0.39 is 0 Å². The first-order valence-electron chi connectivity index (χ1n) is 5.86. The highest BCUT2D eigenvalue weighted by atomic mass is 14.6. The van der Waals surface area contributed by atoms with Crippen LogP contribution in [0.3, 0.4) is 0 Å². The van der Waals surface area contributed by atoms with Gasteiger partial charge in [0.25, 0.3) is 0 Å². The summed E-state index contributed by atoms with van der Waals surface area (Å²) in [5, 5.41) is 0. The average Bonchev–Trinajstić information content (AvgIpc) is 2.39. The molecule has 2 nitrogen and oxygen atoms in total. The lowest BCUT2D eigenvalue weighted by molar-refractivity contribution is 0.733. The molecule has 0 bridgehead atoms. The molecule has 0 spiro atoms.